The molecule has 1 atom stereocenters. The van der Waals surface area contributed by atoms with Crippen LogP contribution in [0, 0.1) is 17.2 Å². The summed E-state index contributed by atoms with van der Waals surface area (Å²) in [5, 5.41) is 8.45. The highest BCUT2D eigenvalue weighted by molar-refractivity contribution is 5.48. The topological polar surface area (TPSA) is 36.3 Å². The standard InChI is InChI=1S/C22H24F3NO.C9H9N.C8H18/c1-15-2-3-16-14-20(8-9-21(15)16)27-19-10-12-26(13-11-19)18-6-4-17(5-7-18)22(23,24)25;1-2-8-3-5-9(7-10)6-4-8;1-4-6-8(3)7-5-2/h4-9,14-15,19H,2-3,10-13H2,1H3;3-6H,2H2,1H3;8H,4-7H2,1-3H3. The first-order valence-electron chi connectivity index (χ1n) is 16.8. The second kappa shape index (κ2) is 17.9. The van der Waals surface area contributed by atoms with Gasteiger partial charge < -0.3 is 9.64 Å². The van der Waals surface area contributed by atoms with Gasteiger partial charge in [0.05, 0.1) is 17.2 Å². The summed E-state index contributed by atoms with van der Waals surface area (Å²) in [5.74, 6) is 2.54. The van der Waals surface area contributed by atoms with Crippen LogP contribution in [0.15, 0.2) is 66.7 Å². The smallest absolute Gasteiger partial charge is 0.416 e. The largest absolute Gasteiger partial charge is 0.490 e. The number of anilines is 1. The van der Waals surface area contributed by atoms with Crippen LogP contribution in [0.5, 0.6) is 5.75 Å². The Bertz CT molecular complexity index is 1310. The fraction of sp³-hybridized carbons (Fsp3) is 0.513. The predicted molar refractivity (Wildman–Crippen MR) is 180 cm³/mol. The van der Waals surface area contributed by atoms with Gasteiger partial charge in [0.1, 0.15) is 11.9 Å². The lowest BCUT2D eigenvalue weighted by Crippen LogP contribution is -2.38. The summed E-state index contributed by atoms with van der Waals surface area (Å²) in [6, 6.07) is 21.6. The molecule has 3 aromatic rings. The van der Waals surface area contributed by atoms with E-state index in [1.165, 1.54) is 48.8 Å². The molecule has 1 aliphatic heterocycles. The average molecular weight is 621 g/mol. The quantitative estimate of drug-likeness (QED) is 0.251. The number of benzene rings is 3. The number of fused-ring (bicyclic) bond motifs is 1. The third-order valence-electron chi connectivity index (χ3n) is 8.85. The zero-order valence-corrected chi connectivity index (χ0v) is 27.8. The van der Waals surface area contributed by atoms with Gasteiger partial charge in [0, 0.05) is 31.6 Å². The number of piperidine rings is 1. The molecule has 0 spiro atoms. The first kappa shape index (κ1) is 36.0. The summed E-state index contributed by atoms with van der Waals surface area (Å²) >= 11 is 0. The Morgan fingerprint density at radius 1 is 0.889 bits per heavy atom. The molecule has 2 aliphatic rings. The number of alkyl halides is 3. The van der Waals surface area contributed by atoms with E-state index in [-0.39, 0.29) is 6.10 Å². The molecule has 1 saturated heterocycles. The molecule has 0 aromatic heterocycles. The van der Waals surface area contributed by atoms with Gasteiger partial charge in [-0.05, 0) is 96.3 Å². The summed E-state index contributed by atoms with van der Waals surface area (Å²) in [6.07, 6.45) is 6.50. The zero-order valence-electron chi connectivity index (χ0n) is 27.8. The van der Waals surface area contributed by atoms with Crippen LogP contribution >= 0.6 is 0 Å². The number of aryl methyl sites for hydroxylation is 2. The van der Waals surface area contributed by atoms with Crippen LogP contribution in [0.4, 0.5) is 18.9 Å². The van der Waals surface area contributed by atoms with E-state index in [1.807, 2.05) is 24.3 Å². The molecule has 1 unspecified atom stereocenters. The minimum absolute atomic E-state index is 0.160. The van der Waals surface area contributed by atoms with Gasteiger partial charge in [0.25, 0.3) is 0 Å². The van der Waals surface area contributed by atoms with Gasteiger partial charge in [0.15, 0.2) is 0 Å². The van der Waals surface area contributed by atoms with Crippen molar-refractivity contribution < 1.29 is 17.9 Å². The number of halogens is 3. The number of hydrogen-bond acceptors (Lipinski definition) is 3. The van der Waals surface area contributed by atoms with Crippen LogP contribution < -0.4 is 9.64 Å². The van der Waals surface area contributed by atoms with Gasteiger partial charge in [-0.1, -0.05) is 78.5 Å². The van der Waals surface area contributed by atoms with E-state index in [2.05, 4.69) is 63.8 Å². The van der Waals surface area contributed by atoms with Crippen molar-refractivity contribution in [2.45, 2.75) is 111 Å². The van der Waals surface area contributed by atoms with Gasteiger partial charge in [-0.25, -0.2) is 0 Å². The van der Waals surface area contributed by atoms with Crippen molar-refractivity contribution in [2.24, 2.45) is 5.92 Å². The summed E-state index contributed by atoms with van der Waals surface area (Å²) in [6.45, 7) is 12.8. The molecule has 45 heavy (non-hydrogen) atoms. The van der Waals surface area contributed by atoms with E-state index in [4.69, 9.17) is 10.00 Å². The molecule has 1 fully saturated rings. The van der Waals surface area contributed by atoms with Crippen LogP contribution in [0.25, 0.3) is 0 Å². The monoisotopic (exact) mass is 620 g/mol. The van der Waals surface area contributed by atoms with Crippen molar-refractivity contribution in [1.29, 1.82) is 5.26 Å². The van der Waals surface area contributed by atoms with Gasteiger partial charge in [-0.3, -0.25) is 0 Å². The average Bonchev–Trinajstić information content (AvgIpc) is 3.41. The Balaban J connectivity index is 0.000000252. The fourth-order valence-corrected chi connectivity index (χ4v) is 6.11. The van der Waals surface area contributed by atoms with E-state index in [1.54, 1.807) is 12.1 Å². The molecule has 0 N–H and O–H groups in total. The third-order valence-corrected chi connectivity index (χ3v) is 8.85. The highest BCUT2D eigenvalue weighted by Gasteiger charge is 2.30. The normalized spacial score (nSPS) is 16.2. The van der Waals surface area contributed by atoms with Crippen molar-refractivity contribution in [3.63, 3.8) is 0 Å². The van der Waals surface area contributed by atoms with Gasteiger partial charge in [0.2, 0.25) is 0 Å². The van der Waals surface area contributed by atoms with Crippen molar-refractivity contribution in [2.75, 3.05) is 18.0 Å². The molecular formula is C39H51F3N2O. The molecule has 0 amide bonds. The lowest BCUT2D eigenvalue weighted by molar-refractivity contribution is -0.137. The van der Waals surface area contributed by atoms with Crippen LogP contribution in [-0.2, 0) is 19.0 Å². The lowest BCUT2D eigenvalue weighted by atomic mass is 10.0. The minimum atomic E-state index is -4.28. The minimum Gasteiger partial charge on any atom is -0.490 e. The molecule has 0 radical (unpaired) electrons. The Labute approximate surface area is 269 Å². The van der Waals surface area contributed by atoms with Gasteiger partial charge in [-0.2, -0.15) is 18.4 Å². The van der Waals surface area contributed by atoms with Gasteiger partial charge >= 0.3 is 6.18 Å². The van der Waals surface area contributed by atoms with Crippen molar-refractivity contribution in [3.8, 4) is 11.8 Å². The molecule has 3 nitrogen and oxygen atoms in total. The van der Waals surface area contributed by atoms with Gasteiger partial charge in [-0.15, -0.1) is 0 Å². The number of rotatable bonds is 8. The number of ether oxygens (including phenoxy) is 1. The molecular weight excluding hydrogens is 569 g/mol. The fourth-order valence-electron chi connectivity index (χ4n) is 6.11. The van der Waals surface area contributed by atoms with Crippen molar-refractivity contribution in [3.05, 3.63) is 94.5 Å². The van der Waals surface area contributed by atoms with Crippen molar-refractivity contribution >= 4 is 5.69 Å². The zero-order chi connectivity index (χ0) is 32.8. The first-order valence-corrected chi connectivity index (χ1v) is 16.8. The molecule has 244 valence electrons. The number of nitriles is 1. The lowest BCUT2D eigenvalue weighted by Gasteiger charge is -2.34. The third kappa shape index (κ3) is 11.4. The van der Waals surface area contributed by atoms with E-state index in [9.17, 15) is 13.2 Å². The Morgan fingerprint density at radius 3 is 2.04 bits per heavy atom. The van der Waals surface area contributed by atoms with Crippen LogP contribution in [0.3, 0.4) is 0 Å². The highest BCUT2D eigenvalue weighted by Crippen LogP contribution is 2.35. The van der Waals surface area contributed by atoms with Crippen LogP contribution in [-0.4, -0.2) is 19.2 Å². The maximum absolute atomic E-state index is 12.7. The molecule has 1 aliphatic carbocycles. The summed E-state index contributed by atoms with van der Waals surface area (Å²) < 4.78 is 44.3. The van der Waals surface area contributed by atoms with E-state index >= 15 is 0 Å². The van der Waals surface area contributed by atoms with Crippen molar-refractivity contribution in [1.82, 2.24) is 0 Å². The van der Waals surface area contributed by atoms with E-state index in [0.717, 1.165) is 73.8 Å². The first-order chi connectivity index (χ1) is 21.6. The Kier molecular flexibility index (Phi) is 14.3. The Hall–Kier alpha value is -3.46. The molecule has 0 bridgehead atoms. The van der Waals surface area contributed by atoms with E-state index in [0.29, 0.717) is 5.92 Å². The molecule has 0 saturated carbocycles. The Morgan fingerprint density at radius 2 is 1.51 bits per heavy atom. The number of nitrogens with zero attached hydrogens (tertiary/aromatic N) is 2. The molecule has 3 aromatic carbocycles. The predicted octanol–water partition coefficient (Wildman–Crippen LogP) is 11.1. The second-order valence-corrected chi connectivity index (χ2v) is 12.5. The summed E-state index contributed by atoms with van der Waals surface area (Å²) in [4.78, 5) is 2.13. The maximum Gasteiger partial charge on any atom is 0.416 e. The summed E-state index contributed by atoms with van der Waals surface area (Å²) in [7, 11) is 0. The molecule has 5 rings (SSSR count). The second-order valence-electron chi connectivity index (χ2n) is 12.5. The number of hydrogen-bond donors (Lipinski definition) is 0. The SMILES string of the molecule is CC1CCc2cc(OC3CCN(c4ccc(C(F)(F)F)cc4)CC3)ccc21.CCCC(C)CCC.CCc1ccc(C#N)cc1. The molecule has 6 heteroatoms. The van der Waals surface area contributed by atoms with E-state index < -0.39 is 11.7 Å². The van der Waals surface area contributed by atoms with Crippen LogP contribution in [0.1, 0.15) is 113 Å². The maximum atomic E-state index is 12.7. The highest BCUT2D eigenvalue weighted by atomic mass is 19.4. The molecule has 1 heterocycles. The van der Waals surface area contributed by atoms with Crippen LogP contribution in [0.2, 0.25) is 0 Å². The summed E-state index contributed by atoms with van der Waals surface area (Å²) in [5.41, 5.74) is 5.10.